The molecule has 0 aliphatic rings. The molecule has 2 aromatic rings. The van der Waals surface area contributed by atoms with Gasteiger partial charge in [0.25, 0.3) is 0 Å². The maximum absolute atomic E-state index is 12.6. The Kier molecular flexibility index (Phi) is 3.64. The molecule has 1 N–H and O–H groups in total. The van der Waals surface area contributed by atoms with E-state index in [0.717, 1.165) is 34.7 Å². The predicted molar refractivity (Wildman–Crippen MR) is 66.7 cm³/mol. The summed E-state index contributed by atoms with van der Waals surface area (Å²) in [5.41, 5.74) is 0.345. The number of fused-ring (bicyclic) bond motifs is 1. The van der Waals surface area contributed by atoms with Gasteiger partial charge in [0, 0.05) is 9.58 Å². The van der Waals surface area contributed by atoms with Gasteiger partial charge in [0.15, 0.2) is 0 Å². The van der Waals surface area contributed by atoms with Gasteiger partial charge in [-0.05, 0) is 29.5 Å². The van der Waals surface area contributed by atoms with Gasteiger partial charge in [-0.1, -0.05) is 19.4 Å². The van der Waals surface area contributed by atoms with E-state index in [2.05, 4.69) is 0 Å². The van der Waals surface area contributed by atoms with Crippen LogP contribution in [0.1, 0.15) is 29.3 Å². The molecule has 1 heterocycles. The molecule has 0 aliphatic carbocycles. The lowest BCUT2D eigenvalue weighted by Crippen LogP contribution is -2.03. The zero-order valence-corrected chi connectivity index (χ0v) is 10.7. The Balaban J connectivity index is 2.59. The molecule has 18 heavy (non-hydrogen) atoms. The van der Waals surface area contributed by atoms with Gasteiger partial charge in [-0.2, -0.15) is 13.2 Å². The van der Waals surface area contributed by atoms with Crippen molar-refractivity contribution in [1.82, 2.24) is 0 Å². The summed E-state index contributed by atoms with van der Waals surface area (Å²) in [5, 5.41) is 10.1. The van der Waals surface area contributed by atoms with Crippen molar-refractivity contribution in [3.8, 4) is 0 Å². The van der Waals surface area contributed by atoms with Gasteiger partial charge >= 0.3 is 6.18 Å². The monoisotopic (exact) mass is 274 g/mol. The third-order valence-corrected chi connectivity index (χ3v) is 4.03. The highest BCUT2D eigenvalue weighted by atomic mass is 32.1. The van der Waals surface area contributed by atoms with Crippen molar-refractivity contribution in [2.24, 2.45) is 0 Å². The molecule has 1 aromatic carbocycles. The molecular weight excluding hydrogens is 261 g/mol. The third-order valence-electron chi connectivity index (χ3n) is 2.85. The summed E-state index contributed by atoms with van der Waals surface area (Å²) >= 11 is 1.24. The number of aryl methyl sites for hydroxylation is 1. The SMILES string of the molecule is CCCc1c(CO)sc2cc(C(F)(F)F)ccc12. The van der Waals surface area contributed by atoms with Crippen LogP contribution in [0, 0.1) is 0 Å². The number of hydrogen-bond donors (Lipinski definition) is 1. The molecule has 0 amide bonds. The van der Waals surface area contributed by atoms with Gasteiger partial charge in [0.1, 0.15) is 0 Å². The number of alkyl halides is 3. The molecule has 0 unspecified atom stereocenters. The summed E-state index contributed by atoms with van der Waals surface area (Å²) in [6.07, 6.45) is -2.64. The fourth-order valence-electron chi connectivity index (χ4n) is 2.03. The first-order valence-corrected chi connectivity index (χ1v) is 6.51. The van der Waals surface area contributed by atoms with E-state index in [1.807, 2.05) is 6.92 Å². The number of rotatable bonds is 3. The van der Waals surface area contributed by atoms with E-state index >= 15 is 0 Å². The Labute approximate surface area is 107 Å². The number of hydrogen-bond acceptors (Lipinski definition) is 2. The largest absolute Gasteiger partial charge is 0.416 e. The fraction of sp³-hybridized carbons (Fsp3) is 0.385. The van der Waals surface area contributed by atoms with E-state index in [-0.39, 0.29) is 6.61 Å². The molecule has 0 bridgehead atoms. The van der Waals surface area contributed by atoms with Crippen LogP contribution in [-0.4, -0.2) is 5.11 Å². The topological polar surface area (TPSA) is 20.2 Å². The van der Waals surface area contributed by atoms with Crippen molar-refractivity contribution in [2.45, 2.75) is 32.5 Å². The summed E-state index contributed by atoms with van der Waals surface area (Å²) in [7, 11) is 0. The van der Waals surface area contributed by atoms with E-state index in [9.17, 15) is 18.3 Å². The molecule has 0 spiro atoms. The molecule has 2 rings (SSSR count). The van der Waals surface area contributed by atoms with Crippen molar-refractivity contribution in [3.63, 3.8) is 0 Å². The highest BCUT2D eigenvalue weighted by molar-refractivity contribution is 7.19. The smallest absolute Gasteiger partial charge is 0.391 e. The van der Waals surface area contributed by atoms with E-state index in [1.54, 1.807) is 0 Å². The maximum Gasteiger partial charge on any atom is 0.416 e. The summed E-state index contributed by atoms with van der Waals surface area (Å²) in [4.78, 5) is 0.770. The Morgan fingerprint density at radius 3 is 2.56 bits per heavy atom. The quantitative estimate of drug-likeness (QED) is 0.881. The van der Waals surface area contributed by atoms with Crippen LogP contribution in [0.4, 0.5) is 13.2 Å². The molecule has 0 saturated carbocycles. The molecule has 0 saturated heterocycles. The second-order valence-electron chi connectivity index (χ2n) is 4.12. The van der Waals surface area contributed by atoms with Gasteiger partial charge < -0.3 is 5.11 Å². The second-order valence-corrected chi connectivity index (χ2v) is 5.26. The van der Waals surface area contributed by atoms with Crippen LogP contribution >= 0.6 is 11.3 Å². The Morgan fingerprint density at radius 2 is 2.00 bits per heavy atom. The number of aliphatic hydroxyl groups is 1. The van der Waals surface area contributed by atoms with E-state index in [0.29, 0.717) is 4.70 Å². The van der Waals surface area contributed by atoms with Crippen LogP contribution in [0.5, 0.6) is 0 Å². The lowest BCUT2D eigenvalue weighted by molar-refractivity contribution is -0.137. The molecule has 0 aliphatic heterocycles. The first-order valence-electron chi connectivity index (χ1n) is 5.69. The van der Waals surface area contributed by atoms with Crippen LogP contribution in [0.2, 0.25) is 0 Å². The summed E-state index contributed by atoms with van der Waals surface area (Å²) in [6, 6.07) is 3.78. The summed E-state index contributed by atoms with van der Waals surface area (Å²) in [6.45, 7) is 1.89. The van der Waals surface area contributed by atoms with Crippen molar-refractivity contribution >= 4 is 21.4 Å². The van der Waals surface area contributed by atoms with Gasteiger partial charge in [0.2, 0.25) is 0 Å². The first kappa shape index (κ1) is 13.4. The molecule has 1 nitrogen and oxygen atoms in total. The third kappa shape index (κ3) is 2.37. The lowest BCUT2D eigenvalue weighted by Gasteiger charge is -2.06. The first-order chi connectivity index (χ1) is 8.47. The van der Waals surface area contributed by atoms with Gasteiger partial charge in [-0.25, -0.2) is 0 Å². The van der Waals surface area contributed by atoms with Crippen LogP contribution < -0.4 is 0 Å². The van der Waals surface area contributed by atoms with Crippen LogP contribution in [0.15, 0.2) is 18.2 Å². The Morgan fingerprint density at radius 1 is 1.28 bits per heavy atom. The van der Waals surface area contributed by atoms with Crippen molar-refractivity contribution in [3.05, 3.63) is 34.2 Å². The van der Waals surface area contributed by atoms with Gasteiger partial charge in [-0.3, -0.25) is 0 Å². The Bertz CT molecular complexity index is 557. The van der Waals surface area contributed by atoms with Crippen LogP contribution in [-0.2, 0) is 19.2 Å². The van der Waals surface area contributed by atoms with E-state index in [4.69, 9.17) is 0 Å². The molecule has 0 radical (unpaired) electrons. The second kappa shape index (κ2) is 4.90. The number of aliphatic hydroxyl groups excluding tert-OH is 1. The maximum atomic E-state index is 12.6. The summed E-state index contributed by atoms with van der Waals surface area (Å²) < 4.78 is 38.4. The van der Waals surface area contributed by atoms with Crippen molar-refractivity contribution < 1.29 is 18.3 Å². The molecule has 5 heteroatoms. The standard InChI is InChI=1S/C13H13F3OS/c1-2-3-9-10-5-4-8(13(14,15)16)6-11(10)18-12(9)7-17/h4-6,17H,2-3,7H2,1H3. The minimum absolute atomic E-state index is 0.115. The number of benzene rings is 1. The lowest BCUT2D eigenvalue weighted by atomic mass is 10.0. The average Bonchev–Trinajstić information content (AvgIpc) is 2.66. The van der Waals surface area contributed by atoms with E-state index < -0.39 is 11.7 Å². The molecule has 98 valence electrons. The highest BCUT2D eigenvalue weighted by Gasteiger charge is 2.30. The number of thiophene rings is 1. The Hall–Kier alpha value is -1.07. The minimum atomic E-state index is -4.32. The van der Waals surface area contributed by atoms with E-state index in [1.165, 1.54) is 23.5 Å². The number of halogens is 3. The van der Waals surface area contributed by atoms with Crippen LogP contribution in [0.25, 0.3) is 10.1 Å². The molecular formula is C13H13F3OS. The van der Waals surface area contributed by atoms with Crippen LogP contribution in [0.3, 0.4) is 0 Å². The van der Waals surface area contributed by atoms with Gasteiger partial charge in [-0.15, -0.1) is 11.3 Å². The fourth-order valence-corrected chi connectivity index (χ4v) is 3.18. The van der Waals surface area contributed by atoms with Crippen molar-refractivity contribution in [2.75, 3.05) is 0 Å². The highest BCUT2D eigenvalue weighted by Crippen LogP contribution is 2.37. The van der Waals surface area contributed by atoms with Gasteiger partial charge in [0.05, 0.1) is 12.2 Å². The molecule has 0 atom stereocenters. The minimum Gasteiger partial charge on any atom is -0.391 e. The predicted octanol–water partition coefficient (Wildman–Crippen LogP) is 4.36. The van der Waals surface area contributed by atoms with Crippen molar-refractivity contribution in [1.29, 1.82) is 0 Å². The molecule has 0 fully saturated rings. The normalized spacial score (nSPS) is 12.3. The average molecular weight is 274 g/mol. The zero-order chi connectivity index (χ0) is 13.3. The zero-order valence-electron chi connectivity index (χ0n) is 9.84. The molecule has 1 aromatic heterocycles. The summed E-state index contributed by atoms with van der Waals surface area (Å²) in [5.74, 6) is 0.